The van der Waals surface area contributed by atoms with E-state index in [-0.39, 0.29) is 0 Å². The molecule has 2 N–H and O–H groups in total. The molecule has 3 heteroatoms. The second kappa shape index (κ2) is 3.82. The van der Waals surface area contributed by atoms with Gasteiger partial charge in [0.1, 0.15) is 0 Å². The predicted octanol–water partition coefficient (Wildman–Crippen LogP) is -0.770. The standard InChI is InChI=1S/C6H14N3/c1-2-8-9-5-3-7-4-6-9/h7-8H,1-6H2. The smallest absolute Gasteiger partial charge is 0.0256 e. The van der Waals surface area contributed by atoms with Crippen molar-refractivity contribution in [1.29, 1.82) is 0 Å². The summed E-state index contributed by atoms with van der Waals surface area (Å²) < 4.78 is 0. The third-order valence-electron chi connectivity index (χ3n) is 1.45. The van der Waals surface area contributed by atoms with Crippen LogP contribution in [0.3, 0.4) is 0 Å². The van der Waals surface area contributed by atoms with Gasteiger partial charge in [0.05, 0.1) is 0 Å². The SMILES string of the molecule is [CH2]CNN1CCNCC1. The van der Waals surface area contributed by atoms with Crippen LogP contribution in [0.25, 0.3) is 0 Å². The zero-order valence-electron chi connectivity index (χ0n) is 5.69. The van der Waals surface area contributed by atoms with E-state index in [1.807, 2.05) is 0 Å². The van der Waals surface area contributed by atoms with Crippen LogP contribution in [-0.4, -0.2) is 37.7 Å². The molecular formula is C6H14N3. The highest BCUT2D eigenvalue weighted by molar-refractivity contribution is 4.63. The first-order chi connectivity index (χ1) is 4.43. The molecule has 1 saturated heterocycles. The third kappa shape index (κ3) is 2.30. The Morgan fingerprint density at radius 1 is 1.44 bits per heavy atom. The summed E-state index contributed by atoms with van der Waals surface area (Å²) in [5.74, 6) is 0. The average Bonchev–Trinajstić information content (AvgIpc) is 1.91. The fraction of sp³-hybridized carbons (Fsp3) is 0.833. The first-order valence-electron chi connectivity index (χ1n) is 3.42. The van der Waals surface area contributed by atoms with Gasteiger partial charge in [0.15, 0.2) is 0 Å². The molecule has 0 aromatic rings. The Balaban J connectivity index is 2.08. The van der Waals surface area contributed by atoms with Crippen LogP contribution >= 0.6 is 0 Å². The van der Waals surface area contributed by atoms with Gasteiger partial charge >= 0.3 is 0 Å². The highest BCUT2D eigenvalue weighted by Crippen LogP contribution is 1.84. The van der Waals surface area contributed by atoms with Gasteiger partial charge in [-0.2, -0.15) is 0 Å². The van der Waals surface area contributed by atoms with Crippen LogP contribution in [0.5, 0.6) is 0 Å². The van der Waals surface area contributed by atoms with Gasteiger partial charge < -0.3 is 5.32 Å². The lowest BCUT2D eigenvalue weighted by molar-refractivity contribution is 0.173. The summed E-state index contributed by atoms with van der Waals surface area (Å²) in [4.78, 5) is 0. The molecule has 0 amide bonds. The van der Waals surface area contributed by atoms with E-state index in [9.17, 15) is 0 Å². The van der Waals surface area contributed by atoms with Crippen LogP contribution in [0, 0.1) is 6.92 Å². The van der Waals surface area contributed by atoms with Crippen molar-refractivity contribution in [2.45, 2.75) is 0 Å². The number of nitrogens with zero attached hydrogens (tertiary/aromatic N) is 1. The molecule has 53 valence electrons. The number of hydrogen-bond donors (Lipinski definition) is 2. The van der Waals surface area contributed by atoms with Crippen molar-refractivity contribution >= 4 is 0 Å². The summed E-state index contributed by atoms with van der Waals surface area (Å²) in [5, 5.41) is 5.47. The molecule has 0 aliphatic carbocycles. The second-order valence-corrected chi connectivity index (χ2v) is 2.15. The van der Waals surface area contributed by atoms with Crippen LogP contribution < -0.4 is 10.7 Å². The van der Waals surface area contributed by atoms with E-state index < -0.39 is 0 Å². The lowest BCUT2D eigenvalue weighted by Crippen LogP contribution is -2.50. The fourth-order valence-corrected chi connectivity index (χ4v) is 0.981. The van der Waals surface area contributed by atoms with Crippen LogP contribution in [0.1, 0.15) is 0 Å². The molecule has 0 atom stereocenters. The Kier molecular flexibility index (Phi) is 2.97. The fourth-order valence-electron chi connectivity index (χ4n) is 0.981. The first kappa shape index (κ1) is 6.99. The summed E-state index contributed by atoms with van der Waals surface area (Å²) in [6, 6.07) is 0. The topological polar surface area (TPSA) is 27.3 Å². The van der Waals surface area contributed by atoms with E-state index in [0.29, 0.717) is 0 Å². The quantitative estimate of drug-likeness (QED) is 0.511. The molecule has 1 heterocycles. The summed E-state index contributed by atoms with van der Waals surface area (Å²) in [7, 11) is 0. The summed E-state index contributed by atoms with van der Waals surface area (Å²) in [6.45, 7) is 8.86. The second-order valence-electron chi connectivity index (χ2n) is 2.15. The molecule has 1 aliphatic rings. The molecule has 0 aromatic heterocycles. The predicted molar refractivity (Wildman–Crippen MR) is 37.8 cm³/mol. The van der Waals surface area contributed by atoms with Crippen molar-refractivity contribution in [3.63, 3.8) is 0 Å². The normalized spacial score (nSPS) is 22.3. The molecule has 1 aliphatic heterocycles. The number of nitrogens with one attached hydrogen (secondary N) is 2. The molecule has 0 saturated carbocycles. The zero-order chi connectivity index (χ0) is 6.53. The van der Waals surface area contributed by atoms with E-state index in [0.717, 1.165) is 32.7 Å². The van der Waals surface area contributed by atoms with E-state index in [1.165, 1.54) is 0 Å². The number of rotatable bonds is 2. The Morgan fingerprint density at radius 2 is 2.11 bits per heavy atom. The zero-order valence-corrected chi connectivity index (χ0v) is 5.69. The minimum Gasteiger partial charge on any atom is -0.314 e. The van der Waals surface area contributed by atoms with Gasteiger partial charge in [-0.1, -0.05) is 0 Å². The average molecular weight is 128 g/mol. The van der Waals surface area contributed by atoms with Gasteiger partial charge in [0.2, 0.25) is 0 Å². The minimum absolute atomic E-state index is 0.792. The first-order valence-corrected chi connectivity index (χ1v) is 3.42. The lowest BCUT2D eigenvalue weighted by atomic mass is 10.4. The van der Waals surface area contributed by atoms with Crippen molar-refractivity contribution < 1.29 is 0 Å². The van der Waals surface area contributed by atoms with Crippen LogP contribution in [-0.2, 0) is 0 Å². The molecule has 1 fully saturated rings. The van der Waals surface area contributed by atoms with Crippen molar-refractivity contribution in [3.05, 3.63) is 6.92 Å². The lowest BCUT2D eigenvalue weighted by Gasteiger charge is -2.26. The summed E-state index contributed by atoms with van der Waals surface area (Å²) in [5.41, 5.74) is 3.17. The van der Waals surface area contributed by atoms with Crippen molar-refractivity contribution in [3.8, 4) is 0 Å². The largest absolute Gasteiger partial charge is 0.314 e. The molecule has 1 rings (SSSR count). The Bertz CT molecular complexity index is 65.9. The van der Waals surface area contributed by atoms with E-state index in [1.54, 1.807) is 0 Å². The van der Waals surface area contributed by atoms with E-state index >= 15 is 0 Å². The van der Waals surface area contributed by atoms with Gasteiger partial charge in [-0.25, -0.2) is 5.01 Å². The van der Waals surface area contributed by atoms with Crippen molar-refractivity contribution in [2.24, 2.45) is 0 Å². The maximum absolute atomic E-state index is 3.71. The maximum atomic E-state index is 3.71. The highest BCUT2D eigenvalue weighted by Gasteiger charge is 2.05. The molecule has 9 heavy (non-hydrogen) atoms. The molecule has 0 bridgehead atoms. The maximum Gasteiger partial charge on any atom is 0.0256 e. The van der Waals surface area contributed by atoms with E-state index in [2.05, 4.69) is 22.7 Å². The van der Waals surface area contributed by atoms with Crippen LogP contribution in [0.2, 0.25) is 0 Å². The Hall–Kier alpha value is -0.120. The monoisotopic (exact) mass is 128 g/mol. The van der Waals surface area contributed by atoms with Gasteiger partial charge in [-0.15, -0.1) is 0 Å². The number of hydrazine groups is 1. The molecular weight excluding hydrogens is 114 g/mol. The van der Waals surface area contributed by atoms with E-state index in [4.69, 9.17) is 0 Å². The highest BCUT2D eigenvalue weighted by atomic mass is 15.5. The van der Waals surface area contributed by atoms with Crippen LogP contribution in [0.4, 0.5) is 0 Å². The van der Waals surface area contributed by atoms with Crippen LogP contribution in [0.15, 0.2) is 0 Å². The Morgan fingerprint density at radius 3 is 2.67 bits per heavy atom. The number of hydrogen-bond acceptors (Lipinski definition) is 3. The molecule has 0 aromatic carbocycles. The molecule has 0 spiro atoms. The Labute approximate surface area is 56.4 Å². The third-order valence-corrected chi connectivity index (χ3v) is 1.45. The van der Waals surface area contributed by atoms with Crippen molar-refractivity contribution in [1.82, 2.24) is 15.8 Å². The summed E-state index contributed by atoms with van der Waals surface area (Å²) >= 11 is 0. The molecule has 3 nitrogen and oxygen atoms in total. The van der Waals surface area contributed by atoms with Gasteiger partial charge in [0, 0.05) is 32.7 Å². The molecule has 1 radical (unpaired) electrons. The van der Waals surface area contributed by atoms with Gasteiger partial charge in [0.25, 0.3) is 0 Å². The van der Waals surface area contributed by atoms with Gasteiger partial charge in [-0.05, 0) is 6.92 Å². The summed E-state index contributed by atoms with van der Waals surface area (Å²) in [6.07, 6.45) is 0. The minimum atomic E-state index is 0.792. The van der Waals surface area contributed by atoms with Crippen molar-refractivity contribution in [2.75, 3.05) is 32.7 Å². The van der Waals surface area contributed by atoms with Gasteiger partial charge in [-0.3, -0.25) is 5.43 Å². The number of piperazine rings is 1. The molecule has 0 unspecified atom stereocenters.